The van der Waals surface area contributed by atoms with Gasteiger partial charge in [-0.3, -0.25) is 0 Å². The van der Waals surface area contributed by atoms with E-state index in [0.717, 1.165) is 46.9 Å². The maximum atomic E-state index is 5.95. The number of nitrogens with zero attached hydrogens (tertiary/aromatic N) is 4. The van der Waals surface area contributed by atoms with Crippen LogP contribution in [-0.4, -0.2) is 39.2 Å². The zero-order valence-corrected chi connectivity index (χ0v) is 16.3. The predicted molar refractivity (Wildman–Crippen MR) is 106 cm³/mol. The quantitative estimate of drug-likeness (QED) is 0.671. The lowest BCUT2D eigenvalue weighted by Gasteiger charge is -2.20. The minimum Gasteiger partial charge on any atom is -0.441 e. The molecule has 0 unspecified atom stereocenters. The molecule has 1 fully saturated rings. The van der Waals surface area contributed by atoms with Crippen LogP contribution in [0.15, 0.2) is 40.8 Å². The summed E-state index contributed by atoms with van der Waals surface area (Å²) in [5.74, 6) is 1.61. The molecule has 1 aliphatic rings. The van der Waals surface area contributed by atoms with E-state index in [0.29, 0.717) is 11.9 Å². The molecule has 1 aliphatic heterocycles. The molecule has 3 heterocycles. The second-order valence-electron chi connectivity index (χ2n) is 7.44. The van der Waals surface area contributed by atoms with Crippen molar-refractivity contribution in [1.82, 2.24) is 20.1 Å². The fourth-order valence-corrected chi connectivity index (χ4v) is 3.69. The highest BCUT2D eigenvalue weighted by Crippen LogP contribution is 2.26. The Labute approximate surface area is 160 Å². The summed E-state index contributed by atoms with van der Waals surface area (Å²) in [5, 5.41) is 8.37. The Balaban J connectivity index is 1.47. The Morgan fingerprint density at radius 1 is 1.04 bits per heavy atom. The van der Waals surface area contributed by atoms with Crippen LogP contribution in [0, 0.1) is 13.8 Å². The highest BCUT2D eigenvalue weighted by atomic mass is 16.4. The van der Waals surface area contributed by atoms with Crippen molar-refractivity contribution in [3.05, 3.63) is 53.5 Å². The van der Waals surface area contributed by atoms with Crippen molar-refractivity contribution >= 4 is 0 Å². The molecule has 0 bridgehead atoms. The fourth-order valence-electron chi connectivity index (χ4n) is 3.69. The summed E-state index contributed by atoms with van der Waals surface area (Å²) < 4.78 is 5.95. The SMILES string of the molecule is Cc1ccc(-c2ccc(-c3nc(CCN4CCC[C@H]4C)c(C)o3)cc2)nn1. The molecule has 0 radical (unpaired) electrons. The Morgan fingerprint density at radius 3 is 2.48 bits per heavy atom. The lowest BCUT2D eigenvalue weighted by Crippen LogP contribution is -2.29. The first-order chi connectivity index (χ1) is 13.1. The summed E-state index contributed by atoms with van der Waals surface area (Å²) >= 11 is 0. The number of oxazole rings is 1. The van der Waals surface area contributed by atoms with E-state index in [4.69, 9.17) is 9.40 Å². The zero-order chi connectivity index (χ0) is 18.8. The van der Waals surface area contributed by atoms with Crippen LogP contribution >= 0.6 is 0 Å². The molecule has 0 spiro atoms. The van der Waals surface area contributed by atoms with E-state index in [1.807, 2.05) is 50.2 Å². The van der Waals surface area contributed by atoms with Gasteiger partial charge in [-0.25, -0.2) is 4.98 Å². The molecule has 0 N–H and O–H groups in total. The number of hydrogen-bond donors (Lipinski definition) is 0. The molecule has 1 aromatic carbocycles. The molecule has 4 rings (SSSR count). The molecule has 0 aliphatic carbocycles. The van der Waals surface area contributed by atoms with Gasteiger partial charge < -0.3 is 9.32 Å². The first kappa shape index (κ1) is 17.9. The minimum atomic E-state index is 0.689. The van der Waals surface area contributed by atoms with Gasteiger partial charge in [-0.2, -0.15) is 10.2 Å². The van der Waals surface area contributed by atoms with Gasteiger partial charge in [0.1, 0.15) is 5.76 Å². The standard InChI is InChI=1S/C22H26N4O/c1-15-6-11-21(25-24-15)18-7-9-19(10-8-18)22-23-20(17(3)27-22)12-14-26-13-4-5-16(26)2/h6-11,16H,4-5,12-14H2,1-3H3/t16-/m1/s1. The molecule has 5 heteroatoms. The third-order valence-electron chi connectivity index (χ3n) is 5.44. The molecule has 140 valence electrons. The van der Waals surface area contributed by atoms with Gasteiger partial charge in [0.05, 0.1) is 17.1 Å². The average Bonchev–Trinajstić information content (AvgIpc) is 3.26. The first-order valence-electron chi connectivity index (χ1n) is 9.71. The highest BCUT2D eigenvalue weighted by Gasteiger charge is 2.21. The van der Waals surface area contributed by atoms with E-state index in [9.17, 15) is 0 Å². The van der Waals surface area contributed by atoms with Crippen LogP contribution in [0.5, 0.6) is 0 Å². The van der Waals surface area contributed by atoms with Crippen molar-refractivity contribution in [2.45, 2.75) is 46.1 Å². The summed E-state index contributed by atoms with van der Waals surface area (Å²) in [5.41, 5.74) is 4.88. The molecule has 0 amide bonds. The molecule has 1 saturated heterocycles. The van der Waals surface area contributed by atoms with Crippen molar-refractivity contribution in [3.8, 4) is 22.7 Å². The highest BCUT2D eigenvalue weighted by molar-refractivity contribution is 5.64. The van der Waals surface area contributed by atoms with Crippen molar-refractivity contribution in [1.29, 1.82) is 0 Å². The smallest absolute Gasteiger partial charge is 0.226 e. The normalized spacial score (nSPS) is 17.5. The third-order valence-corrected chi connectivity index (χ3v) is 5.44. The van der Waals surface area contributed by atoms with Crippen molar-refractivity contribution in [2.75, 3.05) is 13.1 Å². The molecule has 0 saturated carbocycles. The van der Waals surface area contributed by atoms with Crippen LogP contribution in [0.3, 0.4) is 0 Å². The summed E-state index contributed by atoms with van der Waals surface area (Å²) in [7, 11) is 0. The van der Waals surface area contributed by atoms with Gasteiger partial charge in [-0.05, 0) is 64.4 Å². The van der Waals surface area contributed by atoms with E-state index in [1.165, 1.54) is 19.4 Å². The number of aryl methyl sites for hydroxylation is 2. The summed E-state index contributed by atoms with van der Waals surface area (Å²) in [6.07, 6.45) is 3.55. The minimum absolute atomic E-state index is 0.689. The topological polar surface area (TPSA) is 55.1 Å². The molecule has 1 atom stereocenters. The van der Waals surface area contributed by atoms with E-state index >= 15 is 0 Å². The van der Waals surface area contributed by atoms with Crippen molar-refractivity contribution in [2.24, 2.45) is 0 Å². The zero-order valence-electron chi connectivity index (χ0n) is 16.3. The Hall–Kier alpha value is -2.53. The van der Waals surface area contributed by atoms with Gasteiger partial charge in [0.2, 0.25) is 5.89 Å². The Kier molecular flexibility index (Phi) is 5.03. The van der Waals surface area contributed by atoms with Gasteiger partial charge in [0.25, 0.3) is 0 Å². The number of likely N-dealkylation sites (tertiary alicyclic amines) is 1. The van der Waals surface area contributed by atoms with Crippen LogP contribution in [0.2, 0.25) is 0 Å². The van der Waals surface area contributed by atoms with Crippen LogP contribution in [0.25, 0.3) is 22.7 Å². The number of rotatable bonds is 5. The van der Waals surface area contributed by atoms with Crippen molar-refractivity contribution < 1.29 is 4.42 Å². The van der Waals surface area contributed by atoms with Gasteiger partial charge >= 0.3 is 0 Å². The third kappa shape index (κ3) is 3.93. The molecular weight excluding hydrogens is 336 g/mol. The van der Waals surface area contributed by atoms with Crippen molar-refractivity contribution in [3.63, 3.8) is 0 Å². The van der Waals surface area contributed by atoms with E-state index in [2.05, 4.69) is 22.0 Å². The summed E-state index contributed by atoms with van der Waals surface area (Å²) in [4.78, 5) is 7.31. The van der Waals surface area contributed by atoms with Crippen LogP contribution in [0.1, 0.15) is 36.9 Å². The number of hydrogen-bond acceptors (Lipinski definition) is 5. The number of aromatic nitrogens is 3. The Morgan fingerprint density at radius 2 is 1.81 bits per heavy atom. The first-order valence-corrected chi connectivity index (χ1v) is 9.71. The second kappa shape index (κ2) is 7.61. The molecular formula is C22H26N4O. The van der Waals surface area contributed by atoms with Gasteiger partial charge in [-0.1, -0.05) is 12.1 Å². The van der Waals surface area contributed by atoms with Gasteiger partial charge in [-0.15, -0.1) is 0 Å². The van der Waals surface area contributed by atoms with E-state index in [1.54, 1.807) is 0 Å². The van der Waals surface area contributed by atoms with Crippen LogP contribution < -0.4 is 0 Å². The summed E-state index contributed by atoms with van der Waals surface area (Å²) in [6.45, 7) is 8.52. The monoisotopic (exact) mass is 362 g/mol. The predicted octanol–water partition coefficient (Wildman–Crippen LogP) is 4.44. The van der Waals surface area contributed by atoms with Gasteiger partial charge in [0.15, 0.2) is 0 Å². The lowest BCUT2D eigenvalue weighted by molar-refractivity contribution is 0.271. The maximum Gasteiger partial charge on any atom is 0.226 e. The number of benzene rings is 1. The second-order valence-corrected chi connectivity index (χ2v) is 7.44. The molecule has 5 nitrogen and oxygen atoms in total. The average molecular weight is 362 g/mol. The molecule has 3 aromatic rings. The summed E-state index contributed by atoms with van der Waals surface area (Å²) in [6, 6.07) is 12.8. The molecule has 27 heavy (non-hydrogen) atoms. The lowest BCUT2D eigenvalue weighted by atomic mass is 10.1. The maximum absolute atomic E-state index is 5.95. The Bertz CT molecular complexity index is 899. The van der Waals surface area contributed by atoms with Crippen LogP contribution in [0.4, 0.5) is 0 Å². The van der Waals surface area contributed by atoms with Crippen LogP contribution in [-0.2, 0) is 6.42 Å². The van der Waals surface area contributed by atoms with Gasteiger partial charge in [0, 0.05) is 30.1 Å². The fraction of sp³-hybridized carbons (Fsp3) is 0.409. The van der Waals surface area contributed by atoms with E-state index < -0.39 is 0 Å². The van der Waals surface area contributed by atoms with E-state index in [-0.39, 0.29) is 0 Å². The molecule has 2 aromatic heterocycles. The largest absolute Gasteiger partial charge is 0.441 e.